The van der Waals surface area contributed by atoms with Crippen molar-refractivity contribution in [1.82, 2.24) is 80.6 Å². The van der Waals surface area contributed by atoms with Crippen molar-refractivity contribution in [1.29, 1.82) is 0 Å². The van der Waals surface area contributed by atoms with Crippen LogP contribution in [0, 0.1) is 20.8 Å². The van der Waals surface area contributed by atoms with E-state index >= 15 is 0 Å². The molecule has 23 heteroatoms. The summed E-state index contributed by atoms with van der Waals surface area (Å²) in [6.45, 7) is 17.1. The summed E-state index contributed by atoms with van der Waals surface area (Å²) < 4.78 is 47.7. The summed E-state index contributed by atoms with van der Waals surface area (Å²) >= 11 is 0. The third-order valence-corrected chi connectivity index (χ3v) is 17.2. The van der Waals surface area contributed by atoms with Crippen LogP contribution in [0.15, 0.2) is 195 Å². The summed E-state index contributed by atoms with van der Waals surface area (Å²) in [5, 5.41) is 28.1. The Bertz CT molecular complexity index is 4630. The van der Waals surface area contributed by atoms with Gasteiger partial charge in [0.05, 0.1) is 69.0 Å². The summed E-state index contributed by atoms with van der Waals surface area (Å²) in [7, 11) is 6.53. The standard InChI is InChI=1S/C25H26N6O.C23H24N6O2.C23H22N4O3S.3H2/c1-16-23(25-30-29-24(32-25)21-8-6-18(7-9-21)14-26-3)28-22(15-27-16)20-12-10-19(11-13-20)17(2)31(4)5;1-16-21(23-28-27-22(31-23)17-8-5-4-6-9-17)26-19(15-24-16)18-10-11-20(25-14-18)30-13-7-12-29(2)3;1-15-20(22-27-26-21(30-22)17-8-6-5-7-9-17)25-19(14-24-15)16-10-12-18(13-11-16)31(28,29)23(2,3)4;;;/h6-13,15,26H,2,14H2,1,3-5H3;4-6,8-11,14-15H,7,12-13H2,1-3H3;5-14H,1-4H3;3*1H. The van der Waals surface area contributed by atoms with Gasteiger partial charge in [0.25, 0.3) is 17.7 Å². The zero-order valence-electron chi connectivity index (χ0n) is 54.3. The van der Waals surface area contributed by atoms with E-state index in [4.69, 9.17) is 28.0 Å². The van der Waals surface area contributed by atoms with Gasteiger partial charge in [-0.05, 0) is 135 Å². The van der Waals surface area contributed by atoms with Crippen molar-refractivity contribution in [3.63, 3.8) is 0 Å². The highest BCUT2D eigenvalue weighted by Crippen LogP contribution is 2.32. The molecule has 0 spiro atoms. The molecule has 0 radical (unpaired) electrons. The lowest BCUT2D eigenvalue weighted by Crippen LogP contribution is -2.27. The number of benzene rings is 5. The first kappa shape index (κ1) is 66.1. The Kier molecular flexibility index (Phi) is 20.8. The lowest BCUT2D eigenvalue weighted by atomic mass is 10.1. The third kappa shape index (κ3) is 16.1. The molecular weight excluding hydrogens is 1200 g/mol. The molecule has 0 aliphatic rings. The van der Waals surface area contributed by atoms with E-state index in [0.717, 1.165) is 75.5 Å². The second-order valence-corrected chi connectivity index (χ2v) is 25.9. The molecule has 0 aliphatic carbocycles. The Balaban J connectivity index is 0.000000202. The predicted molar refractivity (Wildman–Crippen MR) is 368 cm³/mol. The molecule has 5 aromatic carbocycles. The highest BCUT2D eigenvalue weighted by molar-refractivity contribution is 7.92. The monoisotopic (exact) mass is 1280 g/mol. The largest absolute Gasteiger partial charge is 0.478 e. The number of hydrogen-bond acceptors (Lipinski definition) is 22. The van der Waals surface area contributed by atoms with Crippen LogP contribution in [-0.4, -0.2) is 137 Å². The van der Waals surface area contributed by atoms with E-state index < -0.39 is 14.6 Å². The zero-order valence-corrected chi connectivity index (χ0v) is 55.1. The molecule has 0 amide bonds. The van der Waals surface area contributed by atoms with Crippen molar-refractivity contribution < 1.29 is 30.7 Å². The SMILES string of the molecule is C=C(c1ccc(-c2cnc(C)c(-c3nnc(-c4ccc(CNC)cc4)o3)n2)cc1)N(C)C.Cc1ncc(-c2ccc(OCCCN(C)C)nc2)nc1-c1nnc(-c2ccccc2)o1.Cc1ncc(-c2ccc(S(=O)(=O)C(C)(C)C)cc2)nc1-c1nnc(-c2ccccc2)o1.[HH].[HH].[HH]. The minimum absolute atomic E-state index is 0. The Morgan fingerprint density at radius 3 is 1.32 bits per heavy atom. The van der Waals surface area contributed by atoms with Gasteiger partial charge in [-0.3, -0.25) is 15.0 Å². The van der Waals surface area contributed by atoms with Gasteiger partial charge in [-0.25, -0.2) is 28.4 Å². The smallest absolute Gasteiger partial charge is 0.268 e. The van der Waals surface area contributed by atoms with E-state index in [0.29, 0.717) is 81.8 Å². The molecular formula is C71H78N16O6S. The molecule has 1 N–H and O–H groups in total. The molecule has 12 rings (SSSR count). The summed E-state index contributed by atoms with van der Waals surface area (Å²) in [4.78, 5) is 36.3. The van der Waals surface area contributed by atoms with Gasteiger partial charge in [-0.1, -0.05) is 91.5 Å². The third-order valence-electron chi connectivity index (χ3n) is 14.7. The van der Waals surface area contributed by atoms with Gasteiger partial charge < -0.3 is 33.1 Å². The fraction of sp³-hybridized carbons (Fsp3) is 0.225. The van der Waals surface area contributed by atoms with E-state index in [1.165, 1.54) is 5.56 Å². The maximum Gasteiger partial charge on any atom is 0.268 e. The fourth-order valence-corrected chi connectivity index (χ4v) is 10.4. The number of aromatic nitrogens is 13. The first-order valence-electron chi connectivity index (χ1n) is 30.2. The highest BCUT2D eigenvalue weighted by atomic mass is 32.2. The van der Waals surface area contributed by atoms with Gasteiger partial charge in [0, 0.05) is 82.8 Å². The molecule has 0 fully saturated rings. The zero-order chi connectivity index (χ0) is 66.5. The fourth-order valence-electron chi connectivity index (χ4n) is 9.24. The first-order chi connectivity index (χ1) is 45.2. The molecule has 484 valence electrons. The van der Waals surface area contributed by atoms with Crippen LogP contribution in [0.4, 0.5) is 0 Å². The number of ether oxygens (including phenoxy) is 1. The summed E-state index contributed by atoms with van der Waals surface area (Å²) in [6, 6.07) is 45.6. The Hall–Kier alpha value is -10.9. The van der Waals surface area contributed by atoms with Crippen LogP contribution < -0.4 is 10.1 Å². The Labute approximate surface area is 550 Å². The molecule has 0 saturated heterocycles. The van der Waals surface area contributed by atoms with Gasteiger partial charge in [0.15, 0.2) is 9.84 Å². The van der Waals surface area contributed by atoms with Crippen molar-refractivity contribution in [2.24, 2.45) is 0 Å². The molecule has 7 heterocycles. The number of aryl methyl sites for hydroxylation is 3. The number of rotatable bonds is 19. The van der Waals surface area contributed by atoms with Crippen molar-refractivity contribution in [2.75, 3.05) is 48.4 Å². The quantitative estimate of drug-likeness (QED) is 0.0737. The van der Waals surface area contributed by atoms with Crippen LogP contribution in [0.25, 0.3) is 109 Å². The molecule has 94 heavy (non-hydrogen) atoms. The molecule has 0 bridgehead atoms. The normalized spacial score (nSPS) is 11.4. The van der Waals surface area contributed by atoms with Gasteiger partial charge >= 0.3 is 0 Å². The number of nitrogens with zero attached hydrogens (tertiary/aromatic N) is 15. The van der Waals surface area contributed by atoms with E-state index in [9.17, 15) is 8.42 Å². The van der Waals surface area contributed by atoms with Gasteiger partial charge in [-0.15, -0.1) is 30.6 Å². The van der Waals surface area contributed by atoms with E-state index in [1.54, 1.807) is 69.8 Å². The summed E-state index contributed by atoms with van der Waals surface area (Å²) in [5.74, 6) is 2.85. The predicted octanol–water partition coefficient (Wildman–Crippen LogP) is 13.8. The maximum absolute atomic E-state index is 12.6. The summed E-state index contributed by atoms with van der Waals surface area (Å²) in [5.41, 5.74) is 14.0. The molecule has 0 unspecified atom stereocenters. The molecule has 0 atom stereocenters. The van der Waals surface area contributed by atoms with Crippen LogP contribution in [0.5, 0.6) is 5.88 Å². The van der Waals surface area contributed by atoms with Crippen molar-refractivity contribution >= 4 is 15.5 Å². The van der Waals surface area contributed by atoms with Crippen LogP contribution in [0.3, 0.4) is 0 Å². The van der Waals surface area contributed by atoms with Gasteiger partial charge in [-0.2, -0.15) is 0 Å². The topological polar surface area (TPSA) is 269 Å². The molecule has 0 saturated carbocycles. The average Bonchev–Trinajstić information content (AvgIpc) is 1.60. The average molecular weight is 1280 g/mol. The van der Waals surface area contributed by atoms with Gasteiger partial charge in [0.2, 0.25) is 23.6 Å². The van der Waals surface area contributed by atoms with Crippen LogP contribution in [0.2, 0.25) is 0 Å². The maximum atomic E-state index is 12.6. The van der Waals surface area contributed by atoms with E-state index in [1.807, 2.05) is 182 Å². The Morgan fingerprint density at radius 2 is 0.915 bits per heavy atom. The Morgan fingerprint density at radius 1 is 0.511 bits per heavy atom. The minimum Gasteiger partial charge on any atom is -0.478 e. The van der Waals surface area contributed by atoms with E-state index in [2.05, 4.69) is 72.3 Å². The number of sulfone groups is 1. The van der Waals surface area contributed by atoms with Crippen LogP contribution >= 0.6 is 0 Å². The highest BCUT2D eigenvalue weighted by Gasteiger charge is 2.31. The second-order valence-electron chi connectivity index (χ2n) is 23.2. The van der Waals surface area contributed by atoms with E-state index in [-0.39, 0.29) is 15.1 Å². The van der Waals surface area contributed by atoms with Gasteiger partial charge in [0.1, 0.15) is 17.1 Å². The number of nitrogens with one attached hydrogen (secondary N) is 1. The van der Waals surface area contributed by atoms with Crippen molar-refractivity contribution in [3.05, 3.63) is 205 Å². The molecule has 12 aromatic rings. The molecule has 7 aromatic heterocycles. The lowest BCUT2D eigenvalue weighted by molar-refractivity contribution is 0.273. The minimum atomic E-state index is -3.43. The van der Waals surface area contributed by atoms with Crippen LogP contribution in [0.1, 0.15) is 59.7 Å². The number of hydrogen-bond donors (Lipinski definition) is 1. The van der Waals surface area contributed by atoms with Crippen molar-refractivity contribution in [2.45, 2.75) is 64.2 Å². The number of pyridine rings is 1. The summed E-state index contributed by atoms with van der Waals surface area (Å²) in [6.07, 6.45) is 7.78. The molecule has 0 aliphatic heterocycles. The molecule has 22 nitrogen and oxygen atoms in total. The second kappa shape index (κ2) is 29.6. The first-order valence-corrected chi connectivity index (χ1v) is 31.6. The lowest BCUT2D eigenvalue weighted by Gasteiger charge is -2.19. The van der Waals surface area contributed by atoms with Crippen LogP contribution in [-0.2, 0) is 16.4 Å². The van der Waals surface area contributed by atoms with Crippen molar-refractivity contribution in [3.8, 4) is 109 Å².